The summed E-state index contributed by atoms with van der Waals surface area (Å²) in [7, 11) is 0. The lowest BCUT2D eigenvalue weighted by molar-refractivity contribution is -0.0429. The molecule has 132 valence electrons. The van der Waals surface area contributed by atoms with Crippen LogP contribution in [-0.2, 0) is 4.74 Å². The maximum atomic E-state index is 10.4. The molecule has 26 heavy (non-hydrogen) atoms. The molecule has 1 fully saturated rings. The standard InChI is InChI=1S/C21H20N2O3/c1-13-20(25)19(12-24)26-21(13)23-17-7-3-2-6-15(17)16-11-14(5-4-10-22)8-9-18(16)23/h2-9,11,13,19-21,24-25H,12H2,1H3/b5-4+/t13-,19+,20?,21+/m0/s1. The van der Waals surface area contributed by atoms with Gasteiger partial charge in [0, 0.05) is 22.8 Å². The number of fused-ring (bicyclic) bond motifs is 3. The predicted molar refractivity (Wildman–Crippen MR) is 100 cm³/mol. The van der Waals surface area contributed by atoms with Crippen LogP contribution < -0.4 is 0 Å². The van der Waals surface area contributed by atoms with Gasteiger partial charge in [-0.25, -0.2) is 0 Å². The molecular weight excluding hydrogens is 328 g/mol. The Morgan fingerprint density at radius 1 is 1.19 bits per heavy atom. The van der Waals surface area contributed by atoms with Crippen LogP contribution >= 0.6 is 0 Å². The molecule has 4 atom stereocenters. The predicted octanol–water partition coefficient (Wildman–Crippen LogP) is 3.22. The molecule has 0 radical (unpaired) electrons. The molecule has 2 heterocycles. The minimum absolute atomic E-state index is 0.149. The fraction of sp³-hybridized carbons (Fsp3) is 0.286. The molecule has 0 spiro atoms. The van der Waals surface area contributed by atoms with E-state index in [-0.39, 0.29) is 18.8 Å². The van der Waals surface area contributed by atoms with Crippen molar-refractivity contribution in [3.05, 3.63) is 54.1 Å². The lowest BCUT2D eigenvalue weighted by atomic mass is 10.0. The van der Waals surface area contributed by atoms with Crippen molar-refractivity contribution in [2.24, 2.45) is 5.92 Å². The van der Waals surface area contributed by atoms with Crippen LogP contribution in [0.3, 0.4) is 0 Å². The van der Waals surface area contributed by atoms with Crippen LogP contribution in [-0.4, -0.2) is 33.6 Å². The highest BCUT2D eigenvalue weighted by atomic mass is 16.5. The number of rotatable bonds is 3. The van der Waals surface area contributed by atoms with Gasteiger partial charge < -0.3 is 19.5 Å². The highest BCUT2D eigenvalue weighted by molar-refractivity contribution is 6.08. The van der Waals surface area contributed by atoms with Crippen molar-refractivity contribution in [3.8, 4) is 6.07 Å². The number of aromatic nitrogens is 1. The Morgan fingerprint density at radius 2 is 1.96 bits per heavy atom. The lowest BCUT2D eigenvalue weighted by Crippen LogP contribution is -2.28. The van der Waals surface area contributed by atoms with Crippen LogP contribution in [0.15, 0.2) is 48.5 Å². The van der Waals surface area contributed by atoms with Gasteiger partial charge in [0.2, 0.25) is 0 Å². The maximum Gasteiger partial charge on any atom is 0.140 e. The smallest absolute Gasteiger partial charge is 0.140 e. The third kappa shape index (κ3) is 2.51. The van der Waals surface area contributed by atoms with Crippen molar-refractivity contribution in [1.82, 2.24) is 4.57 Å². The fourth-order valence-electron chi connectivity index (χ4n) is 3.87. The minimum Gasteiger partial charge on any atom is -0.394 e. The Labute approximate surface area is 151 Å². The van der Waals surface area contributed by atoms with E-state index in [1.54, 1.807) is 6.08 Å². The quantitative estimate of drug-likeness (QED) is 0.713. The molecule has 5 heteroatoms. The van der Waals surface area contributed by atoms with Crippen molar-refractivity contribution in [1.29, 1.82) is 5.26 Å². The zero-order valence-corrected chi connectivity index (χ0v) is 14.4. The number of hydrogen-bond donors (Lipinski definition) is 2. The number of benzene rings is 2. The molecule has 2 aromatic carbocycles. The first-order valence-electron chi connectivity index (χ1n) is 8.69. The molecule has 0 bridgehead atoms. The third-order valence-corrected chi connectivity index (χ3v) is 5.20. The van der Waals surface area contributed by atoms with Crippen molar-refractivity contribution < 1.29 is 14.9 Å². The second-order valence-electron chi connectivity index (χ2n) is 6.72. The van der Waals surface area contributed by atoms with E-state index >= 15 is 0 Å². The molecule has 1 aliphatic rings. The van der Waals surface area contributed by atoms with Gasteiger partial charge in [0.1, 0.15) is 12.3 Å². The van der Waals surface area contributed by atoms with Gasteiger partial charge in [0.15, 0.2) is 0 Å². The molecule has 2 N–H and O–H groups in total. The number of nitrogens with zero attached hydrogens (tertiary/aromatic N) is 2. The third-order valence-electron chi connectivity index (χ3n) is 5.20. The average Bonchev–Trinajstić information content (AvgIpc) is 3.14. The van der Waals surface area contributed by atoms with E-state index in [0.717, 1.165) is 27.4 Å². The summed E-state index contributed by atoms with van der Waals surface area (Å²) in [5.41, 5.74) is 2.98. The summed E-state index contributed by atoms with van der Waals surface area (Å²) in [6, 6.07) is 16.1. The molecule has 1 aromatic heterocycles. The van der Waals surface area contributed by atoms with E-state index in [2.05, 4.69) is 16.7 Å². The number of aliphatic hydroxyl groups excluding tert-OH is 2. The van der Waals surface area contributed by atoms with E-state index in [1.165, 1.54) is 6.08 Å². The van der Waals surface area contributed by atoms with Crippen molar-refractivity contribution in [2.45, 2.75) is 25.4 Å². The topological polar surface area (TPSA) is 78.4 Å². The molecule has 4 rings (SSSR count). The first kappa shape index (κ1) is 16.8. The normalized spacial score (nSPS) is 26.1. The Hall–Kier alpha value is -2.65. The van der Waals surface area contributed by atoms with Gasteiger partial charge >= 0.3 is 0 Å². The maximum absolute atomic E-state index is 10.4. The van der Waals surface area contributed by atoms with E-state index in [1.807, 2.05) is 43.3 Å². The summed E-state index contributed by atoms with van der Waals surface area (Å²) in [5, 5.41) is 30.8. The molecule has 0 saturated carbocycles. The first-order chi connectivity index (χ1) is 12.7. The molecule has 0 aliphatic carbocycles. The van der Waals surface area contributed by atoms with Gasteiger partial charge in [-0.3, -0.25) is 0 Å². The summed E-state index contributed by atoms with van der Waals surface area (Å²) in [5.74, 6) is -0.149. The molecule has 5 nitrogen and oxygen atoms in total. The van der Waals surface area contributed by atoms with Crippen LogP contribution in [0.5, 0.6) is 0 Å². The minimum atomic E-state index is -0.709. The van der Waals surface area contributed by atoms with Gasteiger partial charge in [0.05, 0.1) is 29.8 Å². The van der Waals surface area contributed by atoms with E-state index in [4.69, 9.17) is 10.00 Å². The SMILES string of the molecule is C[C@H]1C(O)[C@@H](CO)O[C@H]1n1c2ccccc2c2cc(/C=C/C#N)ccc21. The highest BCUT2D eigenvalue weighted by Crippen LogP contribution is 2.40. The van der Waals surface area contributed by atoms with Crippen LogP contribution in [0, 0.1) is 17.2 Å². The summed E-state index contributed by atoms with van der Waals surface area (Å²) >= 11 is 0. The van der Waals surface area contributed by atoms with E-state index in [9.17, 15) is 10.2 Å². The average molecular weight is 348 g/mol. The van der Waals surface area contributed by atoms with Crippen LogP contribution in [0.25, 0.3) is 27.9 Å². The summed E-state index contributed by atoms with van der Waals surface area (Å²) in [6.07, 6.45) is 1.60. The van der Waals surface area contributed by atoms with Gasteiger partial charge in [0.25, 0.3) is 0 Å². The molecular formula is C21H20N2O3. The number of allylic oxidation sites excluding steroid dienone is 1. The number of nitriles is 1. The second-order valence-corrected chi connectivity index (χ2v) is 6.72. The largest absolute Gasteiger partial charge is 0.394 e. The Balaban J connectivity index is 1.94. The number of ether oxygens (including phenoxy) is 1. The molecule has 3 aromatic rings. The fourth-order valence-corrected chi connectivity index (χ4v) is 3.87. The summed E-state index contributed by atoms with van der Waals surface area (Å²) in [6.45, 7) is 1.73. The van der Waals surface area contributed by atoms with Gasteiger partial charge in [-0.05, 0) is 29.8 Å². The Morgan fingerprint density at radius 3 is 2.69 bits per heavy atom. The lowest BCUT2D eigenvalue weighted by Gasteiger charge is -2.20. The Kier molecular flexibility index (Phi) is 4.25. The number of aliphatic hydroxyl groups is 2. The van der Waals surface area contributed by atoms with Crippen molar-refractivity contribution in [3.63, 3.8) is 0 Å². The number of para-hydroxylation sites is 1. The van der Waals surface area contributed by atoms with Gasteiger partial charge in [-0.15, -0.1) is 0 Å². The van der Waals surface area contributed by atoms with Crippen LogP contribution in [0.2, 0.25) is 0 Å². The Bertz CT molecular complexity index is 1030. The molecule has 0 amide bonds. The van der Waals surface area contributed by atoms with E-state index < -0.39 is 12.2 Å². The van der Waals surface area contributed by atoms with E-state index in [0.29, 0.717) is 0 Å². The second kappa shape index (κ2) is 6.58. The monoisotopic (exact) mass is 348 g/mol. The highest BCUT2D eigenvalue weighted by Gasteiger charge is 2.42. The summed E-state index contributed by atoms with van der Waals surface area (Å²) in [4.78, 5) is 0. The van der Waals surface area contributed by atoms with Crippen molar-refractivity contribution >= 4 is 27.9 Å². The molecule has 1 saturated heterocycles. The molecule has 1 unspecified atom stereocenters. The zero-order valence-electron chi connectivity index (χ0n) is 14.4. The van der Waals surface area contributed by atoms with Gasteiger partial charge in [-0.1, -0.05) is 31.2 Å². The summed E-state index contributed by atoms with van der Waals surface area (Å²) < 4.78 is 8.10. The zero-order chi connectivity index (χ0) is 18.3. The molecule has 1 aliphatic heterocycles. The van der Waals surface area contributed by atoms with Crippen molar-refractivity contribution in [2.75, 3.05) is 6.61 Å². The van der Waals surface area contributed by atoms with Gasteiger partial charge in [-0.2, -0.15) is 5.26 Å². The number of hydrogen-bond acceptors (Lipinski definition) is 4. The van der Waals surface area contributed by atoms with Crippen LogP contribution in [0.1, 0.15) is 18.7 Å². The first-order valence-corrected chi connectivity index (χ1v) is 8.69. The van der Waals surface area contributed by atoms with Crippen LogP contribution in [0.4, 0.5) is 0 Å².